The lowest BCUT2D eigenvalue weighted by molar-refractivity contribution is 0.0286. The summed E-state index contributed by atoms with van der Waals surface area (Å²) in [6.45, 7) is 2.83. The van der Waals surface area contributed by atoms with Crippen LogP contribution in [0.15, 0.2) is 18.2 Å². The van der Waals surface area contributed by atoms with Gasteiger partial charge in [0.1, 0.15) is 4.88 Å². The average molecular weight is 308 g/mol. The van der Waals surface area contributed by atoms with Crippen molar-refractivity contribution in [1.82, 2.24) is 5.32 Å². The van der Waals surface area contributed by atoms with Crippen molar-refractivity contribution >= 4 is 33.0 Å². The van der Waals surface area contributed by atoms with E-state index < -0.39 is 0 Å². The minimum atomic E-state index is -0.175. The monoisotopic (exact) mass is 308 g/mol. The van der Waals surface area contributed by atoms with Crippen LogP contribution in [0.3, 0.4) is 0 Å². The average Bonchev–Trinajstić information content (AvgIpc) is 2.82. The first-order valence-electron chi connectivity index (χ1n) is 6.66. The molecule has 0 aliphatic heterocycles. The third kappa shape index (κ3) is 3.34. The molecule has 0 aliphatic carbocycles. The molecule has 3 N–H and O–H groups in total. The molecule has 0 saturated carbocycles. The van der Waals surface area contributed by atoms with Crippen molar-refractivity contribution in [1.29, 1.82) is 0 Å². The zero-order chi connectivity index (χ0) is 15.4. The van der Waals surface area contributed by atoms with E-state index in [9.17, 15) is 4.79 Å². The molecule has 114 valence electrons. The smallest absolute Gasteiger partial charge is 0.263 e. The molecule has 0 bridgehead atoms. The molecule has 0 spiro atoms. The number of anilines is 1. The Hall–Kier alpha value is -1.63. The first-order chi connectivity index (χ1) is 10.1. The quantitative estimate of drug-likeness (QED) is 0.858. The summed E-state index contributed by atoms with van der Waals surface area (Å²) in [5.74, 6) is -0.175. The minimum absolute atomic E-state index is 0.170. The maximum absolute atomic E-state index is 12.3. The summed E-state index contributed by atoms with van der Waals surface area (Å²) in [6.07, 6.45) is -0.170. The first kappa shape index (κ1) is 15.8. The molecule has 1 aromatic heterocycles. The van der Waals surface area contributed by atoms with E-state index in [1.54, 1.807) is 14.2 Å². The molecule has 5 nitrogen and oxygen atoms in total. The van der Waals surface area contributed by atoms with Gasteiger partial charge in [0, 0.05) is 30.9 Å². The zero-order valence-corrected chi connectivity index (χ0v) is 13.3. The summed E-state index contributed by atoms with van der Waals surface area (Å²) in [7, 11) is 3.19. The van der Waals surface area contributed by atoms with E-state index in [1.807, 2.05) is 25.1 Å². The number of amides is 1. The normalized spacial score (nSPS) is 12.5. The number of carbonyl (C=O) groups is 1. The Morgan fingerprint density at radius 1 is 1.43 bits per heavy atom. The van der Waals surface area contributed by atoms with E-state index in [0.29, 0.717) is 23.7 Å². The lowest BCUT2D eigenvalue weighted by Gasteiger charge is -2.14. The fourth-order valence-corrected chi connectivity index (χ4v) is 3.24. The van der Waals surface area contributed by atoms with Gasteiger partial charge in [-0.2, -0.15) is 0 Å². The summed E-state index contributed by atoms with van der Waals surface area (Å²) in [6, 6.07) is 5.90. The Labute approximate surface area is 128 Å². The number of ether oxygens (including phenoxy) is 2. The summed E-state index contributed by atoms with van der Waals surface area (Å²) in [4.78, 5) is 12.8. The lowest BCUT2D eigenvalue weighted by atomic mass is 10.1. The second kappa shape index (κ2) is 6.89. The molecule has 1 unspecified atom stereocenters. The van der Waals surface area contributed by atoms with Gasteiger partial charge in [0.25, 0.3) is 5.91 Å². The molecule has 1 amide bonds. The third-order valence-corrected chi connectivity index (χ3v) is 4.69. The molecule has 1 heterocycles. The summed E-state index contributed by atoms with van der Waals surface area (Å²) in [5.41, 5.74) is 7.76. The Kier molecular flexibility index (Phi) is 5.17. The van der Waals surface area contributed by atoms with Gasteiger partial charge in [-0.05, 0) is 12.5 Å². The maximum atomic E-state index is 12.3. The molecule has 0 saturated heterocycles. The second-order valence-electron chi connectivity index (χ2n) is 4.82. The zero-order valence-electron chi connectivity index (χ0n) is 12.4. The van der Waals surface area contributed by atoms with Gasteiger partial charge in [-0.25, -0.2) is 0 Å². The van der Waals surface area contributed by atoms with Crippen molar-refractivity contribution in [3.63, 3.8) is 0 Å². The van der Waals surface area contributed by atoms with Gasteiger partial charge in [0.2, 0.25) is 0 Å². The fourth-order valence-electron chi connectivity index (χ4n) is 2.13. The number of thiophene rings is 1. The number of benzene rings is 1. The highest BCUT2D eigenvalue weighted by Gasteiger charge is 2.18. The first-order valence-corrected chi connectivity index (χ1v) is 7.47. The van der Waals surface area contributed by atoms with Crippen molar-refractivity contribution in [2.75, 3.05) is 33.1 Å². The Bertz CT molecular complexity index is 639. The highest BCUT2D eigenvalue weighted by Crippen LogP contribution is 2.35. The van der Waals surface area contributed by atoms with Crippen LogP contribution >= 0.6 is 11.3 Å². The maximum Gasteiger partial charge on any atom is 0.263 e. The number of rotatable bonds is 6. The molecule has 2 aromatic rings. The number of aryl methyl sites for hydroxylation is 1. The van der Waals surface area contributed by atoms with Crippen LogP contribution in [0, 0.1) is 6.92 Å². The van der Waals surface area contributed by atoms with Crippen LogP contribution in [0.25, 0.3) is 10.1 Å². The van der Waals surface area contributed by atoms with Gasteiger partial charge < -0.3 is 20.5 Å². The van der Waals surface area contributed by atoms with Crippen molar-refractivity contribution < 1.29 is 14.3 Å². The van der Waals surface area contributed by atoms with Crippen LogP contribution in [-0.4, -0.2) is 39.4 Å². The van der Waals surface area contributed by atoms with Crippen LogP contribution in [0.4, 0.5) is 5.69 Å². The summed E-state index contributed by atoms with van der Waals surface area (Å²) >= 11 is 1.42. The number of nitrogen functional groups attached to an aromatic ring is 1. The number of methoxy groups -OCH3 is 2. The highest BCUT2D eigenvalue weighted by molar-refractivity contribution is 7.21. The molecule has 0 fully saturated rings. The molecule has 0 radical (unpaired) electrons. The Morgan fingerprint density at radius 2 is 2.19 bits per heavy atom. The molecule has 2 rings (SSSR count). The van der Waals surface area contributed by atoms with Crippen LogP contribution in [0.2, 0.25) is 0 Å². The summed E-state index contributed by atoms with van der Waals surface area (Å²) < 4.78 is 11.3. The van der Waals surface area contributed by atoms with Gasteiger partial charge >= 0.3 is 0 Å². The number of fused-ring (bicyclic) bond motifs is 1. The fraction of sp³-hybridized carbons (Fsp3) is 0.400. The standard InChI is InChI=1S/C15H20N2O3S/c1-9-5-4-6-11-12(16)14(21-13(9)11)15(18)17-7-10(20-3)8-19-2/h4-6,10H,7-8,16H2,1-3H3,(H,17,18). The van der Waals surface area contributed by atoms with Gasteiger partial charge in [-0.3, -0.25) is 4.79 Å². The van der Waals surface area contributed by atoms with Crippen LogP contribution in [-0.2, 0) is 9.47 Å². The molecule has 1 aromatic carbocycles. The van der Waals surface area contributed by atoms with Crippen molar-refractivity contribution in [2.45, 2.75) is 13.0 Å². The number of nitrogens with one attached hydrogen (secondary N) is 1. The van der Waals surface area contributed by atoms with E-state index in [1.165, 1.54) is 11.3 Å². The van der Waals surface area contributed by atoms with Gasteiger partial charge in [-0.1, -0.05) is 18.2 Å². The summed E-state index contributed by atoms with van der Waals surface area (Å²) in [5, 5.41) is 3.78. The van der Waals surface area contributed by atoms with E-state index >= 15 is 0 Å². The van der Waals surface area contributed by atoms with Crippen LogP contribution < -0.4 is 11.1 Å². The Balaban J connectivity index is 2.16. The van der Waals surface area contributed by atoms with Crippen molar-refractivity contribution in [2.24, 2.45) is 0 Å². The molecule has 21 heavy (non-hydrogen) atoms. The van der Waals surface area contributed by atoms with E-state index in [-0.39, 0.29) is 12.0 Å². The number of carbonyl (C=O) groups excluding carboxylic acids is 1. The topological polar surface area (TPSA) is 73.6 Å². The van der Waals surface area contributed by atoms with E-state index in [4.69, 9.17) is 15.2 Å². The lowest BCUT2D eigenvalue weighted by Crippen LogP contribution is -2.35. The van der Waals surface area contributed by atoms with Gasteiger partial charge in [0.05, 0.1) is 18.4 Å². The predicted octanol–water partition coefficient (Wildman–Crippen LogP) is 2.18. The molecule has 0 aliphatic rings. The largest absolute Gasteiger partial charge is 0.397 e. The van der Waals surface area contributed by atoms with Crippen LogP contribution in [0.1, 0.15) is 15.2 Å². The second-order valence-corrected chi connectivity index (χ2v) is 5.84. The number of hydrogen-bond donors (Lipinski definition) is 2. The van der Waals surface area contributed by atoms with Crippen molar-refractivity contribution in [3.8, 4) is 0 Å². The van der Waals surface area contributed by atoms with E-state index in [2.05, 4.69) is 5.32 Å². The SMILES string of the molecule is COCC(CNC(=O)c1sc2c(C)cccc2c1N)OC. The highest BCUT2D eigenvalue weighted by atomic mass is 32.1. The van der Waals surface area contributed by atoms with Gasteiger partial charge in [0.15, 0.2) is 0 Å². The molecule has 6 heteroatoms. The molecular formula is C15H20N2O3S. The molecular weight excluding hydrogens is 288 g/mol. The van der Waals surface area contributed by atoms with E-state index in [0.717, 1.165) is 15.6 Å². The Morgan fingerprint density at radius 3 is 2.81 bits per heavy atom. The minimum Gasteiger partial charge on any atom is -0.397 e. The van der Waals surface area contributed by atoms with Crippen LogP contribution in [0.5, 0.6) is 0 Å². The third-order valence-electron chi connectivity index (χ3n) is 3.33. The number of hydrogen-bond acceptors (Lipinski definition) is 5. The predicted molar refractivity (Wildman–Crippen MR) is 86.0 cm³/mol. The van der Waals surface area contributed by atoms with Gasteiger partial charge in [-0.15, -0.1) is 11.3 Å². The van der Waals surface area contributed by atoms with Crippen molar-refractivity contribution in [3.05, 3.63) is 28.6 Å². The molecule has 1 atom stereocenters. The number of nitrogens with two attached hydrogens (primary N) is 1.